The van der Waals surface area contributed by atoms with E-state index in [1.807, 2.05) is 109 Å². The smallest absolute Gasteiger partial charge is 0.321 e. The van der Waals surface area contributed by atoms with Crippen LogP contribution in [0.5, 0.6) is 23.0 Å². The van der Waals surface area contributed by atoms with Crippen LogP contribution in [0.15, 0.2) is 122 Å². The summed E-state index contributed by atoms with van der Waals surface area (Å²) in [6, 6.07) is 30.6. The Morgan fingerprint density at radius 2 is 0.841 bits per heavy atom. The summed E-state index contributed by atoms with van der Waals surface area (Å²) in [6.07, 6.45) is 6.26. The van der Waals surface area contributed by atoms with Crippen molar-refractivity contribution in [1.82, 2.24) is 0 Å². The maximum absolute atomic E-state index is 12.8. The van der Waals surface area contributed by atoms with Crippen molar-refractivity contribution in [2.45, 2.75) is 36.5 Å². The molecule has 0 N–H and O–H groups in total. The van der Waals surface area contributed by atoms with Crippen LogP contribution in [-0.2, 0) is 29.9 Å². The molecule has 0 saturated heterocycles. The number of hydrogen-bond acceptors (Lipinski definition) is 6. The van der Waals surface area contributed by atoms with Gasteiger partial charge in [0.2, 0.25) is 0 Å². The van der Waals surface area contributed by atoms with Crippen molar-refractivity contribution in [3.8, 4) is 23.0 Å². The Labute approximate surface area is 258 Å². The molecular weight excluding hydrogens is 552 g/mol. The largest absolute Gasteiger partial charge is 0.468 e. The highest BCUT2D eigenvalue weighted by molar-refractivity contribution is 5.91. The van der Waals surface area contributed by atoms with Crippen molar-refractivity contribution in [2.24, 2.45) is 0 Å². The molecule has 0 bridgehead atoms. The number of carbonyl (C=O) groups is 2. The minimum Gasteiger partial charge on any atom is -0.468 e. The van der Waals surface area contributed by atoms with Gasteiger partial charge in [0.05, 0.1) is 14.2 Å². The van der Waals surface area contributed by atoms with Gasteiger partial charge in [0.15, 0.2) is 0 Å². The van der Waals surface area contributed by atoms with Crippen LogP contribution in [0.3, 0.4) is 0 Å². The zero-order chi connectivity index (χ0) is 31.2. The zero-order valence-corrected chi connectivity index (χ0v) is 25.1. The maximum atomic E-state index is 12.8. The lowest BCUT2D eigenvalue weighted by Gasteiger charge is -2.37. The van der Waals surface area contributed by atoms with E-state index in [0.29, 0.717) is 48.7 Å². The Kier molecular flexibility index (Phi) is 9.00. The first-order valence-electron chi connectivity index (χ1n) is 14.6. The Morgan fingerprint density at radius 3 is 1.09 bits per heavy atom. The molecule has 0 unspecified atom stereocenters. The van der Waals surface area contributed by atoms with Crippen molar-refractivity contribution < 1.29 is 28.5 Å². The predicted molar refractivity (Wildman–Crippen MR) is 170 cm³/mol. The van der Waals surface area contributed by atoms with Crippen LogP contribution in [0.25, 0.3) is 0 Å². The van der Waals surface area contributed by atoms with Crippen LogP contribution in [-0.4, -0.2) is 26.2 Å². The molecule has 224 valence electrons. The monoisotopic (exact) mass is 588 g/mol. The summed E-state index contributed by atoms with van der Waals surface area (Å²) in [6.45, 7) is 7.58. The second kappa shape index (κ2) is 13.0. The Balaban J connectivity index is 0.000000175. The van der Waals surface area contributed by atoms with Crippen LogP contribution in [0.2, 0.25) is 0 Å². The average Bonchev–Trinajstić information content (AvgIpc) is 3.08. The number of para-hydroxylation sites is 4. The van der Waals surface area contributed by atoms with Crippen LogP contribution < -0.4 is 9.47 Å². The molecule has 2 heterocycles. The number of rotatable bonds is 8. The fourth-order valence-corrected chi connectivity index (χ4v) is 6.33. The van der Waals surface area contributed by atoms with E-state index >= 15 is 0 Å². The van der Waals surface area contributed by atoms with Gasteiger partial charge < -0.3 is 18.9 Å². The molecule has 6 nitrogen and oxygen atoms in total. The van der Waals surface area contributed by atoms with Crippen molar-refractivity contribution in [3.63, 3.8) is 0 Å². The lowest BCUT2D eigenvalue weighted by atomic mass is 9.69. The van der Waals surface area contributed by atoms with E-state index in [2.05, 4.69) is 13.2 Å². The van der Waals surface area contributed by atoms with E-state index in [1.165, 1.54) is 14.2 Å². The summed E-state index contributed by atoms with van der Waals surface area (Å²) in [5, 5.41) is 0. The lowest BCUT2D eigenvalue weighted by molar-refractivity contribution is -0.147. The Morgan fingerprint density at radius 1 is 0.568 bits per heavy atom. The van der Waals surface area contributed by atoms with Crippen LogP contribution in [0.4, 0.5) is 0 Å². The SMILES string of the molecule is C=CCCC1(C(=O)OC)c2ccccc2Oc2ccccc21.C=CCCC1(C(=O)OC)c2ccccc2Oc2ccccc21. The molecule has 4 aromatic rings. The predicted octanol–water partition coefficient (Wildman–Crippen LogP) is 8.44. The first kappa shape index (κ1) is 30.4. The average molecular weight is 589 g/mol. The van der Waals surface area contributed by atoms with Gasteiger partial charge in [0.25, 0.3) is 0 Å². The fraction of sp³-hybridized carbons (Fsp3) is 0.211. The van der Waals surface area contributed by atoms with Gasteiger partial charge in [-0.2, -0.15) is 0 Å². The highest BCUT2D eigenvalue weighted by Gasteiger charge is 2.49. The minimum absolute atomic E-state index is 0.266. The summed E-state index contributed by atoms with van der Waals surface area (Å²) in [5.41, 5.74) is 1.69. The van der Waals surface area contributed by atoms with Crippen molar-refractivity contribution in [2.75, 3.05) is 14.2 Å². The summed E-state index contributed by atoms with van der Waals surface area (Å²) >= 11 is 0. The molecule has 0 saturated carbocycles. The second-order valence-electron chi connectivity index (χ2n) is 10.6. The normalized spacial score (nSPS) is 14.2. The van der Waals surface area contributed by atoms with Crippen molar-refractivity contribution in [1.29, 1.82) is 0 Å². The zero-order valence-electron chi connectivity index (χ0n) is 25.1. The number of hydrogen-bond donors (Lipinski definition) is 0. The van der Waals surface area contributed by atoms with Gasteiger partial charge in [-0.15, -0.1) is 13.2 Å². The number of allylic oxidation sites excluding steroid dienone is 2. The van der Waals surface area contributed by atoms with Gasteiger partial charge in [-0.1, -0.05) is 84.9 Å². The molecule has 44 heavy (non-hydrogen) atoms. The lowest BCUT2D eigenvalue weighted by Crippen LogP contribution is -2.40. The third kappa shape index (κ3) is 5.06. The standard InChI is InChI=1S/2C19H18O3/c2*1-3-4-13-19(18(20)21-2)14-9-5-7-11-16(14)22-17-12-8-6-10-15(17)19/h2*3,5-12H,1,4,13H2,2H3. The molecule has 0 aromatic heterocycles. The third-order valence-corrected chi connectivity index (χ3v) is 8.34. The molecule has 6 rings (SSSR count). The second-order valence-corrected chi connectivity index (χ2v) is 10.6. The highest BCUT2D eigenvalue weighted by Crippen LogP contribution is 2.52. The molecule has 4 aromatic carbocycles. The molecule has 2 aliphatic rings. The van der Waals surface area contributed by atoms with Crippen molar-refractivity contribution >= 4 is 11.9 Å². The van der Waals surface area contributed by atoms with Gasteiger partial charge in [-0.25, -0.2) is 0 Å². The van der Waals surface area contributed by atoms with Gasteiger partial charge in [-0.05, 0) is 49.9 Å². The van der Waals surface area contributed by atoms with E-state index in [9.17, 15) is 9.59 Å². The van der Waals surface area contributed by atoms with Crippen LogP contribution in [0.1, 0.15) is 47.9 Å². The topological polar surface area (TPSA) is 71.1 Å². The first-order chi connectivity index (χ1) is 21.5. The number of carbonyl (C=O) groups excluding carboxylic acids is 2. The van der Waals surface area contributed by atoms with Gasteiger partial charge in [0, 0.05) is 22.3 Å². The van der Waals surface area contributed by atoms with Gasteiger partial charge >= 0.3 is 11.9 Å². The number of methoxy groups -OCH3 is 2. The number of fused-ring (bicyclic) bond motifs is 4. The maximum Gasteiger partial charge on any atom is 0.321 e. The third-order valence-electron chi connectivity index (χ3n) is 8.34. The molecule has 0 aliphatic carbocycles. The Hall–Kier alpha value is -5.10. The first-order valence-corrected chi connectivity index (χ1v) is 14.6. The molecule has 6 heteroatoms. The fourth-order valence-electron chi connectivity index (χ4n) is 6.33. The van der Waals surface area contributed by atoms with Crippen LogP contribution >= 0.6 is 0 Å². The molecule has 2 aliphatic heterocycles. The molecule has 0 atom stereocenters. The van der Waals surface area contributed by atoms with Crippen LogP contribution in [0, 0.1) is 0 Å². The molecule has 0 radical (unpaired) electrons. The summed E-state index contributed by atoms with van der Waals surface area (Å²) in [7, 11) is 2.86. The van der Waals surface area contributed by atoms with E-state index < -0.39 is 10.8 Å². The van der Waals surface area contributed by atoms with E-state index in [-0.39, 0.29) is 11.9 Å². The molecule has 0 fully saturated rings. The highest BCUT2D eigenvalue weighted by atomic mass is 16.5. The number of ether oxygens (including phenoxy) is 4. The van der Waals surface area contributed by atoms with Crippen molar-refractivity contribution in [3.05, 3.63) is 145 Å². The number of esters is 2. The van der Waals surface area contributed by atoms with E-state index in [4.69, 9.17) is 18.9 Å². The quantitative estimate of drug-likeness (QED) is 0.152. The van der Waals surface area contributed by atoms with E-state index in [0.717, 1.165) is 22.3 Å². The molecular formula is C38H36O6. The molecule has 0 spiro atoms. The van der Waals surface area contributed by atoms with Gasteiger partial charge in [-0.3, -0.25) is 9.59 Å². The summed E-state index contributed by atoms with van der Waals surface area (Å²) in [5.74, 6) is 2.28. The summed E-state index contributed by atoms with van der Waals surface area (Å²) < 4.78 is 22.3. The Bertz CT molecular complexity index is 1470. The minimum atomic E-state index is -0.853. The van der Waals surface area contributed by atoms with E-state index in [1.54, 1.807) is 0 Å². The summed E-state index contributed by atoms with van der Waals surface area (Å²) in [4.78, 5) is 25.6. The van der Waals surface area contributed by atoms with Gasteiger partial charge in [0.1, 0.15) is 33.8 Å². The molecule has 0 amide bonds. The number of benzene rings is 4.